The number of unbranched alkanes of at least 4 members (excludes halogenated alkanes) is 2. The molecule has 2 rings (SSSR count). The maximum Gasteiger partial charge on any atom is 0.228 e. The van der Waals surface area contributed by atoms with Gasteiger partial charge in [0.05, 0.1) is 11.8 Å². The first-order chi connectivity index (χ1) is 10.1. The van der Waals surface area contributed by atoms with Gasteiger partial charge in [0.1, 0.15) is 5.82 Å². The summed E-state index contributed by atoms with van der Waals surface area (Å²) in [5, 5.41) is 5.51. The Hall–Kier alpha value is -1.91. The van der Waals surface area contributed by atoms with Crippen LogP contribution in [0, 0.1) is 17.7 Å². The predicted molar refractivity (Wildman–Crippen MR) is 79.2 cm³/mol. The third-order valence-corrected chi connectivity index (χ3v) is 3.64. The Kier molecular flexibility index (Phi) is 5.31. The lowest BCUT2D eigenvalue weighted by molar-refractivity contribution is -0.125. The second-order valence-corrected chi connectivity index (χ2v) is 5.45. The summed E-state index contributed by atoms with van der Waals surface area (Å²) in [4.78, 5) is 23.8. The fraction of sp³-hybridized carbons (Fsp3) is 0.500. The van der Waals surface area contributed by atoms with Crippen molar-refractivity contribution in [3.8, 4) is 0 Å². The van der Waals surface area contributed by atoms with Crippen LogP contribution in [0.1, 0.15) is 32.6 Å². The van der Waals surface area contributed by atoms with Gasteiger partial charge in [-0.1, -0.05) is 25.8 Å². The Labute approximate surface area is 124 Å². The van der Waals surface area contributed by atoms with E-state index in [0.29, 0.717) is 18.7 Å². The summed E-state index contributed by atoms with van der Waals surface area (Å²) in [6, 6.07) is 5.75. The van der Waals surface area contributed by atoms with Crippen LogP contribution in [-0.2, 0) is 9.59 Å². The molecular formula is C16H21FN2O2. The lowest BCUT2D eigenvalue weighted by atomic mass is 10.2. The molecule has 21 heavy (non-hydrogen) atoms. The van der Waals surface area contributed by atoms with Crippen molar-refractivity contribution in [3.63, 3.8) is 0 Å². The van der Waals surface area contributed by atoms with Crippen molar-refractivity contribution in [3.05, 3.63) is 30.1 Å². The molecule has 1 aromatic carbocycles. The quantitative estimate of drug-likeness (QED) is 0.759. The number of hydrogen-bond acceptors (Lipinski definition) is 2. The van der Waals surface area contributed by atoms with Gasteiger partial charge in [0.25, 0.3) is 0 Å². The van der Waals surface area contributed by atoms with E-state index in [0.717, 1.165) is 19.3 Å². The molecule has 2 N–H and O–H groups in total. The third-order valence-electron chi connectivity index (χ3n) is 3.64. The minimum Gasteiger partial charge on any atom is -0.356 e. The highest BCUT2D eigenvalue weighted by molar-refractivity contribution is 5.99. The zero-order valence-corrected chi connectivity index (χ0v) is 12.2. The van der Waals surface area contributed by atoms with Crippen LogP contribution in [0.4, 0.5) is 10.1 Å². The molecule has 1 aromatic rings. The van der Waals surface area contributed by atoms with Crippen molar-refractivity contribution in [2.45, 2.75) is 32.6 Å². The number of benzene rings is 1. The summed E-state index contributed by atoms with van der Waals surface area (Å²) in [5.74, 6) is -1.19. The van der Waals surface area contributed by atoms with Gasteiger partial charge >= 0.3 is 0 Å². The molecule has 114 valence electrons. The first-order valence-corrected chi connectivity index (χ1v) is 7.46. The van der Waals surface area contributed by atoms with Crippen molar-refractivity contribution >= 4 is 17.5 Å². The van der Waals surface area contributed by atoms with Crippen LogP contribution < -0.4 is 10.6 Å². The van der Waals surface area contributed by atoms with Crippen LogP contribution in [0.15, 0.2) is 24.3 Å². The van der Waals surface area contributed by atoms with E-state index in [2.05, 4.69) is 17.6 Å². The van der Waals surface area contributed by atoms with Crippen LogP contribution in [0.5, 0.6) is 0 Å². The molecule has 0 aromatic heterocycles. The van der Waals surface area contributed by atoms with E-state index in [9.17, 15) is 14.0 Å². The zero-order valence-electron chi connectivity index (χ0n) is 12.2. The Morgan fingerprint density at radius 2 is 2.00 bits per heavy atom. The smallest absolute Gasteiger partial charge is 0.228 e. The molecule has 0 aliphatic heterocycles. The lowest BCUT2D eigenvalue weighted by Gasteiger charge is -2.06. The van der Waals surface area contributed by atoms with Crippen LogP contribution in [-0.4, -0.2) is 18.4 Å². The highest BCUT2D eigenvalue weighted by Gasteiger charge is 2.47. The van der Waals surface area contributed by atoms with Gasteiger partial charge in [-0.05, 0) is 31.0 Å². The number of carbonyl (C=O) groups excluding carboxylic acids is 2. The van der Waals surface area contributed by atoms with E-state index in [1.807, 2.05) is 0 Å². The Bertz CT molecular complexity index is 519. The van der Waals surface area contributed by atoms with Crippen LogP contribution >= 0.6 is 0 Å². The largest absolute Gasteiger partial charge is 0.356 e. The Morgan fingerprint density at radius 3 is 2.71 bits per heavy atom. The first-order valence-electron chi connectivity index (χ1n) is 7.46. The number of halogens is 1. The maximum atomic E-state index is 13.0. The molecule has 1 fully saturated rings. The molecular weight excluding hydrogens is 271 g/mol. The van der Waals surface area contributed by atoms with Crippen molar-refractivity contribution in [1.82, 2.24) is 5.32 Å². The van der Waals surface area contributed by atoms with Crippen LogP contribution in [0.2, 0.25) is 0 Å². The van der Waals surface area contributed by atoms with E-state index >= 15 is 0 Å². The molecule has 0 saturated heterocycles. The molecule has 1 aliphatic carbocycles. The second-order valence-electron chi connectivity index (χ2n) is 5.45. The SMILES string of the molecule is CCCCCNC(=O)C1CC1C(=O)Nc1cccc(F)c1. The molecule has 0 bridgehead atoms. The van der Waals surface area contributed by atoms with Gasteiger partial charge in [0.2, 0.25) is 11.8 Å². The summed E-state index contributed by atoms with van der Waals surface area (Å²) in [7, 11) is 0. The van der Waals surface area contributed by atoms with E-state index in [-0.39, 0.29) is 23.7 Å². The van der Waals surface area contributed by atoms with Gasteiger partial charge in [-0.2, -0.15) is 0 Å². The number of amides is 2. The molecule has 0 radical (unpaired) electrons. The average molecular weight is 292 g/mol. The number of rotatable bonds is 7. The highest BCUT2D eigenvalue weighted by Crippen LogP contribution is 2.39. The normalized spacial score (nSPS) is 19.9. The van der Waals surface area contributed by atoms with Gasteiger partial charge in [-0.25, -0.2) is 4.39 Å². The molecule has 1 aliphatic rings. The standard InChI is InChI=1S/C16H21FN2O2/c1-2-3-4-8-18-15(20)13-10-14(13)16(21)19-12-7-5-6-11(17)9-12/h5-7,9,13-14H,2-4,8,10H2,1H3,(H,18,20)(H,19,21). The van der Waals surface area contributed by atoms with Gasteiger partial charge in [0.15, 0.2) is 0 Å². The number of hydrogen-bond donors (Lipinski definition) is 2. The Morgan fingerprint density at radius 1 is 1.24 bits per heavy atom. The molecule has 2 unspecified atom stereocenters. The molecule has 0 spiro atoms. The Balaban J connectivity index is 1.74. The lowest BCUT2D eigenvalue weighted by Crippen LogP contribution is -2.28. The second kappa shape index (κ2) is 7.20. The topological polar surface area (TPSA) is 58.2 Å². The van der Waals surface area contributed by atoms with Crippen molar-refractivity contribution in [2.75, 3.05) is 11.9 Å². The molecule has 1 saturated carbocycles. The number of carbonyl (C=O) groups is 2. The number of anilines is 1. The fourth-order valence-electron chi connectivity index (χ4n) is 2.29. The maximum absolute atomic E-state index is 13.0. The fourth-order valence-corrected chi connectivity index (χ4v) is 2.29. The summed E-state index contributed by atoms with van der Waals surface area (Å²) in [6.45, 7) is 2.77. The summed E-state index contributed by atoms with van der Waals surface area (Å²) < 4.78 is 13.0. The van der Waals surface area contributed by atoms with Crippen molar-refractivity contribution in [1.29, 1.82) is 0 Å². The highest BCUT2D eigenvalue weighted by atomic mass is 19.1. The van der Waals surface area contributed by atoms with Crippen LogP contribution in [0.25, 0.3) is 0 Å². The number of nitrogens with one attached hydrogen (secondary N) is 2. The molecule has 0 heterocycles. The zero-order chi connectivity index (χ0) is 15.2. The third kappa shape index (κ3) is 4.55. The monoisotopic (exact) mass is 292 g/mol. The first kappa shape index (κ1) is 15.5. The summed E-state index contributed by atoms with van der Waals surface area (Å²) in [6.07, 6.45) is 3.74. The molecule has 5 heteroatoms. The summed E-state index contributed by atoms with van der Waals surface area (Å²) >= 11 is 0. The molecule has 4 nitrogen and oxygen atoms in total. The van der Waals surface area contributed by atoms with Gasteiger partial charge in [0, 0.05) is 12.2 Å². The molecule has 2 amide bonds. The van der Waals surface area contributed by atoms with Gasteiger partial charge in [-0.15, -0.1) is 0 Å². The minimum atomic E-state index is -0.395. The predicted octanol–water partition coefficient (Wildman–Crippen LogP) is 2.71. The summed E-state index contributed by atoms with van der Waals surface area (Å²) in [5.41, 5.74) is 0.425. The van der Waals surface area contributed by atoms with E-state index < -0.39 is 5.82 Å². The average Bonchev–Trinajstić information content (AvgIpc) is 3.24. The van der Waals surface area contributed by atoms with E-state index in [1.54, 1.807) is 6.07 Å². The van der Waals surface area contributed by atoms with Crippen molar-refractivity contribution in [2.24, 2.45) is 11.8 Å². The molecule has 2 atom stereocenters. The van der Waals surface area contributed by atoms with Gasteiger partial charge < -0.3 is 10.6 Å². The minimum absolute atomic E-state index is 0.0505. The van der Waals surface area contributed by atoms with Crippen molar-refractivity contribution < 1.29 is 14.0 Å². The van der Waals surface area contributed by atoms with Crippen LogP contribution in [0.3, 0.4) is 0 Å². The van der Waals surface area contributed by atoms with Gasteiger partial charge in [-0.3, -0.25) is 9.59 Å². The van der Waals surface area contributed by atoms with E-state index in [1.165, 1.54) is 18.2 Å². The van der Waals surface area contributed by atoms with E-state index in [4.69, 9.17) is 0 Å².